The molecule has 0 spiro atoms. The Morgan fingerprint density at radius 2 is 1.95 bits per heavy atom. The first kappa shape index (κ1) is 15.5. The minimum atomic E-state index is -0.971. The highest BCUT2D eigenvalue weighted by Crippen LogP contribution is 2.24. The summed E-state index contributed by atoms with van der Waals surface area (Å²) in [5.41, 5.74) is 7.71. The maximum Gasteiger partial charge on any atom is 0.335 e. The number of hydrogen-bond acceptors (Lipinski definition) is 3. The van der Waals surface area contributed by atoms with E-state index < -0.39 is 5.97 Å². The molecule has 2 atom stereocenters. The van der Waals surface area contributed by atoms with Gasteiger partial charge >= 0.3 is 5.97 Å². The van der Waals surface area contributed by atoms with Crippen molar-refractivity contribution in [2.45, 2.75) is 45.1 Å². The molecule has 0 radical (unpaired) electrons. The van der Waals surface area contributed by atoms with Crippen LogP contribution in [0.15, 0.2) is 18.2 Å². The van der Waals surface area contributed by atoms with E-state index in [1.807, 2.05) is 0 Å². The summed E-state index contributed by atoms with van der Waals surface area (Å²) in [6.07, 6.45) is 4.94. The van der Waals surface area contributed by atoms with Crippen LogP contribution in [0.2, 0.25) is 0 Å². The Bertz CT molecular complexity index is 542. The van der Waals surface area contributed by atoms with Gasteiger partial charge in [-0.05, 0) is 43.5 Å². The molecule has 21 heavy (non-hydrogen) atoms. The van der Waals surface area contributed by atoms with Gasteiger partial charge in [0.2, 0.25) is 5.91 Å². The average Bonchev–Trinajstić information content (AvgIpc) is 2.65. The Labute approximate surface area is 124 Å². The molecule has 5 nitrogen and oxygen atoms in total. The van der Waals surface area contributed by atoms with Gasteiger partial charge < -0.3 is 16.2 Å². The van der Waals surface area contributed by atoms with Crippen molar-refractivity contribution < 1.29 is 14.7 Å². The Balaban J connectivity index is 2.10. The van der Waals surface area contributed by atoms with Crippen LogP contribution in [0.5, 0.6) is 0 Å². The third-order valence-corrected chi connectivity index (χ3v) is 4.14. The van der Waals surface area contributed by atoms with E-state index in [9.17, 15) is 9.59 Å². The molecule has 1 amide bonds. The molecule has 1 fully saturated rings. The first-order chi connectivity index (χ1) is 9.99. The number of rotatable bonds is 3. The number of benzene rings is 1. The summed E-state index contributed by atoms with van der Waals surface area (Å²) in [5, 5.41) is 11.8. The number of anilines is 1. The monoisotopic (exact) mass is 290 g/mol. The third kappa shape index (κ3) is 3.82. The van der Waals surface area contributed by atoms with Gasteiger partial charge in [-0.1, -0.05) is 19.3 Å². The first-order valence-corrected chi connectivity index (χ1v) is 7.39. The van der Waals surface area contributed by atoms with Crippen LogP contribution in [-0.4, -0.2) is 23.0 Å². The Morgan fingerprint density at radius 3 is 2.62 bits per heavy atom. The number of carboxylic acid groups (broad SMARTS) is 1. The van der Waals surface area contributed by atoms with E-state index in [0.29, 0.717) is 5.69 Å². The lowest BCUT2D eigenvalue weighted by molar-refractivity contribution is -0.120. The van der Waals surface area contributed by atoms with Crippen molar-refractivity contribution in [3.05, 3.63) is 29.3 Å². The van der Waals surface area contributed by atoms with Crippen molar-refractivity contribution in [1.29, 1.82) is 0 Å². The highest BCUT2D eigenvalue weighted by Gasteiger charge is 2.27. The lowest BCUT2D eigenvalue weighted by Gasteiger charge is -2.21. The fraction of sp³-hybridized carbons (Fsp3) is 0.500. The fourth-order valence-corrected chi connectivity index (χ4v) is 2.82. The van der Waals surface area contributed by atoms with Crippen LogP contribution in [0.1, 0.15) is 48.0 Å². The zero-order valence-corrected chi connectivity index (χ0v) is 12.3. The fourth-order valence-electron chi connectivity index (χ4n) is 2.82. The van der Waals surface area contributed by atoms with E-state index in [2.05, 4.69) is 5.32 Å². The van der Waals surface area contributed by atoms with Gasteiger partial charge in [-0.15, -0.1) is 0 Å². The molecule has 2 unspecified atom stereocenters. The smallest absolute Gasteiger partial charge is 0.335 e. The zero-order chi connectivity index (χ0) is 15.4. The van der Waals surface area contributed by atoms with Crippen LogP contribution in [0.25, 0.3) is 0 Å². The van der Waals surface area contributed by atoms with Crippen LogP contribution >= 0.6 is 0 Å². The van der Waals surface area contributed by atoms with E-state index in [1.165, 1.54) is 6.07 Å². The van der Waals surface area contributed by atoms with Gasteiger partial charge in [0.25, 0.3) is 0 Å². The number of nitrogens with two attached hydrogens (primary N) is 1. The quantitative estimate of drug-likeness (QED) is 0.746. The van der Waals surface area contributed by atoms with Crippen molar-refractivity contribution in [2.24, 2.45) is 11.7 Å². The molecule has 1 aromatic rings. The van der Waals surface area contributed by atoms with Gasteiger partial charge in [0.1, 0.15) is 0 Å². The lowest BCUT2D eigenvalue weighted by atomic mass is 9.94. The molecule has 1 aliphatic rings. The number of aryl methyl sites for hydroxylation is 1. The van der Waals surface area contributed by atoms with Gasteiger partial charge in [-0.3, -0.25) is 4.79 Å². The molecule has 1 aliphatic carbocycles. The summed E-state index contributed by atoms with van der Waals surface area (Å²) in [6.45, 7) is 1.79. The second-order valence-electron chi connectivity index (χ2n) is 5.73. The van der Waals surface area contributed by atoms with Crippen molar-refractivity contribution >= 4 is 17.6 Å². The van der Waals surface area contributed by atoms with Crippen LogP contribution in [0.3, 0.4) is 0 Å². The van der Waals surface area contributed by atoms with Crippen molar-refractivity contribution in [3.63, 3.8) is 0 Å². The molecule has 1 saturated carbocycles. The molecule has 2 rings (SSSR count). The summed E-state index contributed by atoms with van der Waals surface area (Å²) in [7, 11) is 0. The molecule has 0 aromatic heterocycles. The SMILES string of the molecule is Cc1cc(C(=O)O)ccc1NC(=O)C1CCCCCC1N. The van der Waals surface area contributed by atoms with Crippen molar-refractivity contribution in [2.75, 3.05) is 5.32 Å². The molecular formula is C16H22N2O3. The molecule has 0 heterocycles. The van der Waals surface area contributed by atoms with Crippen LogP contribution in [0.4, 0.5) is 5.69 Å². The van der Waals surface area contributed by atoms with Crippen LogP contribution < -0.4 is 11.1 Å². The Kier molecular flexibility index (Phi) is 4.96. The maximum atomic E-state index is 12.4. The summed E-state index contributed by atoms with van der Waals surface area (Å²) in [5.74, 6) is -1.19. The van der Waals surface area contributed by atoms with Gasteiger partial charge in [0.15, 0.2) is 0 Å². The zero-order valence-electron chi connectivity index (χ0n) is 12.3. The first-order valence-electron chi connectivity index (χ1n) is 7.39. The molecular weight excluding hydrogens is 268 g/mol. The Hall–Kier alpha value is -1.88. The van der Waals surface area contributed by atoms with E-state index in [-0.39, 0.29) is 23.4 Å². The number of aromatic carboxylic acids is 1. The van der Waals surface area contributed by atoms with Gasteiger partial charge in [0.05, 0.1) is 11.5 Å². The highest BCUT2D eigenvalue weighted by atomic mass is 16.4. The largest absolute Gasteiger partial charge is 0.478 e. The lowest BCUT2D eigenvalue weighted by Crippen LogP contribution is -2.37. The van der Waals surface area contributed by atoms with E-state index in [4.69, 9.17) is 10.8 Å². The standard InChI is InChI=1S/C16H22N2O3/c1-10-9-11(16(20)21)7-8-14(10)18-15(19)12-5-3-2-4-6-13(12)17/h7-9,12-13H,2-6,17H2,1H3,(H,18,19)(H,20,21). The number of carbonyl (C=O) groups is 2. The normalized spacial score (nSPS) is 22.4. The molecule has 4 N–H and O–H groups in total. The average molecular weight is 290 g/mol. The predicted molar refractivity (Wildman–Crippen MR) is 81.3 cm³/mol. The topological polar surface area (TPSA) is 92.4 Å². The molecule has 1 aromatic carbocycles. The van der Waals surface area contributed by atoms with E-state index in [0.717, 1.165) is 37.7 Å². The molecule has 0 saturated heterocycles. The number of carbonyl (C=O) groups excluding carboxylic acids is 1. The van der Waals surface area contributed by atoms with Crippen molar-refractivity contribution in [1.82, 2.24) is 0 Å². The van der Waals surface area contributed by atoms with E-state index >= 15 is 0 Å². The molecule has 0 bridgehead atoms. The summed E-state index contributed by atoms with van der Waals surface area (Å²) in [6, 6.07) is 4.60. The molecule has 5 heteroatoms. The number of carboxylic acids is 1. The minimum absolute atomic E-state index is 0.0597. The molecule has 0 aliphatic heterocycles. The second-order valence-corrected chi connectivity index (χ2v) is 5.73. The number of amides is 1. The predicted octanol–water partition coefficient (Wildman–Crippen LogP) is 2.54. The summed E-state index contributed by atoms with van der Waals surface area (Å²) >= 11 is 0. The van der Waals surface area contributed by atoms with Gasteiger partial charge in [-0.2, -0.15) is 0 Å². The second kappa shape index (κ2) is 6.72. The van der Waals surface area contributed by atoms with E-state index in [1.54, 1.807) is 19.1 Å². The number of nitrogens with one attached hydrogen (secondary N) is 1. The summed E-state index contributed by atoms with van der Waals surface area (Å²) in [4.78, 5) is 23.3. The minimum Gasteiger partial charge on any atom is -0.478 e. The van der Waals surface area contributed by atoms with Gasteiger partial charge in [-0.25, -0.2) is 4.79 Å². The Morgan fingerprint density at radius 1 is 1.24 bits per heavy atom. The van der Waals surface area contributed by atoms with Crippen molar-refractivity contribution in [3.8, 4) is 0 Å². The molecule has 114 valence electrons. The van der Waals surface area contributed by atoms with Crippen LogP contribution in [0, 0.1) is 12.8 Å². The third-order valence-electron chi connectivity index (χ3n) is 4.14. The number of hydrogen-bond donors (Lipinski definition) is 3. The van der Waals surface area contributed by atoms with Crippen LogP contribution in [-0.2, 0) is 4.79 Å². The summed E-state index contributed by atoms with van der Waals surface area (Å²) < 4.78 is 0. The maximum absolute atomic E-state index is 12.4. The van der Waals surface area contributed by atoms with Gasteiger partial charge in [0, 0.05) is 11.7 Å². The highest BCUT2D eigenvalue weighted by molar-refractivity contribution is 5.95.